The molecule has 0 saturated carbocycles. The highest BCUT2D eigenvalue weighted by molar-refractivity contribution is 5.93. The Morgan fingerprint density at radius 3 is 2.75 bits per heavy atom. The van der Waals surface area contributed by atoms with Gasteiger partial charge in [-0.2, -0.15) is 5.26 Å². The van der Waals surface area contributed by atoms with E-state index in [-0.39, 0.29) is 11.9 Å². The smallest absolute Gasteiger partial charge is 0.272 e. The number of amides is 1. The SMILES string of the molecule is CC1CN(c2nc(-c3ccccc3)c3c(c2C#N)CCOC3)CCN1C(=O)c1cnc2ccccn12. The molecule has 5 heterocycles. The lowest BCUT2D eigenvalue weighted by Gasteiger charge is -2.41. The van der Waals surface area contributed by atoms with Gasteiger partial charge in [0.15, 0.2) is 0 Å². The zero-order valence-corrected chi connectivity index (χ0v) is 20.1. The summed E-state index contributed by atoms with van der Waals surface area (Å²) in [6.07, 6.45) is 4.20. The highest BCUT2D eigenvalue weighted by Crippen LogP contribution is 2.35. The molecular weight excluding hydrogens is 452 g/mol. The van der Waals surface area contributed by atoms with Crippen LogP contribution < -0.4 is 4.90 Å². The molecule has 1 aromatic carbocycles. The molecule has 0 spiro atoms. The summed E-state index contributed by atoms with van der Waals surface area (Å²) in [5, 5.41) is 10.2. The van der Waals surface area contributed by atoms with Gasteiger partial charge >= 0.3 is 0 Å². The van der Waals surface area contributed by atoms with Gasteiger partial charge in [0.25, 0.3) is 5.91 Å². The Labute approximate surface area is 209 Å². The first-order valence-electron chi connectivity index (χ1n) is 12.2. The highest BCUT2D eigenvalue weighted by Gasteiger charge is 2.33. The number of nitrogens with zero attached hydrogens (tertiary/aromatic N) is 6. The molecule has 4 aromatic rings. The molecule has 36 heavy (non-hydrogen) atoms. The number of carbonyl (C=O) groups is 1. The number of carbonyl (C=O) groups excluding carboxylic acids is 1. The third-order valence-corrected chi connectivity index (χ3v) is 7.12. The van der Waals surface area contributed by atoms with Crippen LogP contribution in [0.5, 0.6) is 0 Å². The van der Waals surface area contributed by atoms with Crippen molar-refractivity contribution in [3.05, 3.63) is 83.3 Å². The van der Waals surface area contributed by atoms with Crippen LogP contribution in [0, 0.1) is 11.3 Å². The molecule has 1 amide bonds. The van der Waals surface area contributed by atoms with Crippen molar-refractivity contribution in [3.8, 4) is 17.3 Å². The minimum Gasteiger partial charge on any atom is -0.376 e. The summed E-state index contributed by atoms with van der Waals surface area (Å²) in [4.78, 5) is 26.9. The van der Waals surface area contributed by atoms with E-state index in [0.29, 0.717) is 56.3 Å². The first-order chi connectivity index (χ1) is 17.7. The first-order valence-corrected chi connectivity index (χ1v) is 12.2. The van der Waals surface area contributed by atoms with Crippen LogP contribution in [0.15, 0.2) is 60.9 Å². The zero-order chi connectivity index (χ0) is 24.6. The fraction of sp³-hybridized carbons (Fsp3) is 0.286. The molecule has 3 aromatic heterocycles. The van der Waals surface area contributed by atoms with Gasteiger partial charge in [0.1, 0.15) is 23.2 Å². The van der Waals surface area contributed by atoms with Crippen LogP contribution in [-0.2, 0) is 17.8 Å². The van der Waals surface area contributed by atoms with Crippen molar-refractivity contribution in [2.75, 3.05) is 31.1 Å². The van der Waals surface area contributed by atoms with E-state index in [1.807, 2.05) is 71.0 Å². The molecule has 1 fully saturated rings. The van der Waals surface area contributed by atoms with Crippen molar-refractivity contribution < 1.29 is 9.53 Å². The number of imidazole rings is 1. The largest absolute Gasteiger partial charge is 0.376 e. The van der Waals surface area contributed by atoms with E-state index in [2.05, 4.69) is 16.0 Å². The van der Waals surface area contributed by atoms with Crippen LogP contribution in [0.2, 0.25) is 0 Å². The molecule has 2 aliphatic heterocycles. The van der Waals surface area contributed by atoms with Crippen molar-refractivity contribution in [2.45, 2.75) is 26.0 Å². The lowest BCUT2D eigenvalue weighted by Crippen LogP contribution is -2.54. The van der Waals surface area contributed by atoms with Gasteiger partial charge in [0.2, 0.25) is 0 Å². The predicted molar refractivity (Wildman–Crippen MR) is 136 cm³/mol. The van der Waals surface area contributed by atoms with Gasteiger partial charge in [0, 0.05) is 43.0 Å². The lowest BCUT2D eigenvalue weighted by molar-refractivity contribution is 0.0666. The second-order valence-corrected chi connectivity index (χ2v) is 9.26. The Bertz CT molecular complexity index is 1490. The number of benzene rings is 1. The summed E-state index contributed by atoms with van der Waals surface area (Å²) >= 11 is 0. The molecule has 8 nitrogen and oxygen atoms in total. The normalized spacial score (nSPS) is 17.6. The predicted octanol–water partition coefficient (Wildman–Crippen LogP) is 3.69. The molecule has 0 aliphatic carbocycles. The maximum Gasteiger partial charge on any atom is 0.272 e. The van der Waals surface area contributed by atoms with Crippen molar-refractivity contribution in [1.29, 1.82) is 5.26 Å². The quantitative estimate of drug-likeness (QED) is 0.446. The zero-order valence-electron chi connectivity index (χ0n) is 20.1. The molecule has 1 atom stereocenters. The number of rotatable bonds is 3. The molecule has 2 aliphatic rings. The number of nitriles is 1. The van der Waals surface area contributed by atoms with E-state index in [1.165, 1.54) is 0 Å². The van der Waals surface area contributed by atoms with Gasteiger partial charge in [0.05, 0.1) is 30.7 Å². The molecule has 8 heteroatoms. The Hall–Kier alpha value is -4.22. The molecule has 0 N–H and O–H groups in total. The fourth-order valence-corrected chi connectivity index (χ4v) is 5.31. The number of anilines is 1. The van der Waals surface area contributed by atoms with Gasteiger partial charge in [-0.1, -0.05) is 36.4 Å². The third kappa shape index (κ3) is 3.69. The van der Waals surface area contributed by atoms with Crippen LogP contribution in [0.4, 0.5) is 5.82 Å². The standard InChI is InChI=1S/C28H26N6O2/c1-19-17-32(12-13-33(19)28(35)24-16-30-25-9-5-6-11-34(24)25)27-22(15-29)21-10-14-36-18-23(21)26(31-27)20-7-3-2-4-8-20/h2-9,11,16,19H,10,12-14,17-18H2,1H3. The molecule has 180 valence electrons. The number of fused-ring (bicyclic) bond motifs is 2. The van der Waals surface area contributed by atoms with Crippen molar-refractivity contribution in [1.82, 2.24) is 19.3 Å². The fourth-order valence-electron chi connectivity index (χ4n) is 5.31. The van der Waals surface area contributed by atoms with E-state index in [0.717, 1.165) is 28.0 Å². The van der Waals surface area contributed by atoms with E-state index in [4.69, 9.17) is 9.72 Å². The summed E-state index contributed by atoms with van der Waals surface area (Å²) in [5.41, 5.74) is 5.85. The molecule has 1 unspecified atom stereocenters. The van der Waals surface area contributed by atoms with E-state index >= 15 is 0 Å². The van der Waals surface area contributed by atoms with Crippen LogP contribution in [0.25, 0.3) is 16.9 Å². The summed E-state index contributed by atoms with van der Waals surface area (Å²) in [7, 11) is 0. The van der Waals surface area contributed by atoms with E-state index in [1.54, 1.807) is 6.20 Å². The number of hydrogen-bond acceptors (Lipinski definition) is 6. The van der Waals surface area contributed by atoms with Crippen molar-refractivity contribution in [2.24, 2.45) is 0 Å². The molecule has 0 radical (unpaired) electrons. The second kappa shape index (κ2) is 9.10. The average Bonchev–Trinajstić information content (AvgIpc) is 3.36. The van der Waals surface area contributed by atoms with Gasteiger partial charge in [-0.15, -0.1) is 0 Å². The summed E-state index contributed by atoms with van der Waals surface area (Å²) < 4.78 is 7.58. The number of ether oxygens (including phenoxy) is 1. The minimum atomic E-state index is -0.0617. The van der Waals surface area contributed by atoms with Gasteiger partial charge in [-0.25, -0.2) is 9.97 Å². The van der Waals surface area contributed by atoms with Crippen LogP contribution in [-0.4, -0.2) is 57.5 Å². The minimum absolute atomic E-state index is 0.0399. The van der Waals surface area contributed by atoms with Crippen LogP contribution >= 0.6 is 0 Å². The van der Waals surface area contributed by atoms with Gasteiger partial charge in [-0.05, 0) is 31.0 Å². The Morgan fingerprint density at radius 1 is 1.11 bits per heavy atom. The Kier molecular flexibility index (Phi) is 5.62. The number of aromatic nitrogens is 3. The Balaban J connectivity index is 1.33. The van der Waals surface area contributed by atoms with Crippen LogP contribution in [0.1, 0.15) is 34.1 Å². The maximum absolute atomic E-state index is 13.4. The molecule has 0 bridgehead atoms. The topological polar surface area (TPSA) is 86.8 Å². The van der Waals surface area contributed by atoms with Crippen molar-refractivity contribution >= 4 is 17.4 Å². The monoisotopic (exact) mass is 478 g/mol. The summed E-state index contributed by atoms with van der Waals surface area (Å²) in [6.45, 7) is 4.82. The van der Waals surface area contributed by atoms with E-state index < -0.39 is 0 Å². The van der Waals surface area contributed by atoms with Gasteiger partial charge < -0.3 is 14.5 Å². The maximum atomic E-state index is 13.4. The molecular formula is C28H26N6O2. The number of hydrogen-bond donors (Lipinski definition) is 0. The molecule has 1 saturated heterocycles. The lowest BCUT2D eigenvalue weighted by atomic mass is 9.93. The third-order valence-electron chi connectivity index (χ3n) is 7.12. The molecule has 6 rings (SSSR count). The first kappa shape index (κ1) is 22.3. The average molecular weight is 479 g/mol. The second-order valence-electron chi connectivity index (χ2n) is 9.26. The number of pyridine rings is 2. The van der Waals surface area contributed by atoms with Gasteiger partial charge in [-0.3, -0.25) is 9.20 Å². The number of piperazine rings is 1. The van der Waals surface area contributed by atoms with E-state index in [9.17, 15) is 10.1 Å². The summed E-state index contributed by atoms with van der Waals surface area (Å²) in [5.74, 6) is 0.660. The van der Waals surface area contributed by atoms with Crippen LogP contribution in [0.3, 0.4) is 0 Å². The Morgan fingerprint density at radius 2 is 1.94 bits per heavy atom. The highest BCUT2D eigenvalue weighted by atomic mass is 16.5. The summed E-state index contributed by atoms with van der Waals surface area (Å²) in [6, 6.07) is 18.1. The van der Waals surface area contributed by atoms with Crippen molar-refractivity contribution in [3.63, 3.8) is 0 Å².